The van der Waals surface area contributed by atoms with Gasteiger partial charge in [-0.25, -0.2) is 0 Å². The molecule has 0 saturated heterocycles. The highest BCUT2D eigenvalue weighted by molar-refractivity contribution is 4.79. The Hall–Kier alpha value is -0.0800. The predicted molar refractivity (Wildman–Crippen MR) is 71.8 cm³/mol. The van der Waals surface area contributed by atoms with Crippen LogP contribution in [0.5, 0.6) is 0 Å². The zero-order valence-corrected chi connectivity index (χ0v) is 11.6. The molecule has 1 aliphatic carbocycles. The van der Waals surface area contributed by atoms with Crippen molar-refractivity contribution >= 4 is 0 Å². The number of nitrogens with zero attached hydrogens (tertiary/aromatic N) is 1. The Morgan fingerprint density at radius 2 is 1.62 bits per heavy atom. The molecule has 0 aromatic heterocycles. The third kappa shape index (κ3) is 5.86. The fourth-order valence-corrected chi connectivity index (χ4v) is 2.97. The molecule has 1 rings (SSSR count). The largest absolute Gasteiger partial charge is 0.314 e. The summed E-state index contributed by atoms with van der Waals surface area (Å²) in [6.45, 7) is 7.23. The van der Waals surface area contributed by atoms with Crippen LogP contribution in [0.3, 0.4) is 0 Å². The highest BCUT2D eigenvalue weighted by Crippen LogP contribution is 2.28. The monoisotopic (exact) mass is 226 g/mol. The summed E-state index contributed by atoms with van der Waals surface area (Å²) in [7, 11) is 4.30. The first-order chi connectivity index (χ1) is 7.58. The topological polar surface area (TPSA) is 15.3 Å². The molecule has 0 bridgehead atoms. The zero-order valence-electron chi connectivity index (χ0n) is 11.6. The van der Waals surface area contributed by atoms with Gasteiger partial charge in [-0.2, -0.15) is 0 Å². The molecule has 2 nitrogen and oxygen atoms in total. The minimum absolute atomic E-state index is 0.790. The smallest absolute Gasteiger partial charge is 0.00721 e. The van der Waals surface area contributed by atoms with E-state index in [1.54, 1.807) is 0 Å². The molecular formula is C14H30N2. The van der Waals surface area contributed by atoms with Gasteiger partial charge in [-0.15, -0.1) is 0 Å². The Morgan fingerprint density at radius 1 is 1.00 bits per heavy atom. The SMILES string of the molecule is CC1CC(C)CC(NCCCCN(C)C)C1. The standard InChI is InChI=1S/C14H30N2/c1-12-9-13(2)11-14(10-12)15-7-5-6-8-16(3)4/h12-15H,5-11H2,1-4H3. The molecule has 1 saturated carbocycles. The van der Waals surface area contributed by atoms with Crippen LogP contribution in [0.25, 0.3) is 0 Å². The first-order valence-electron chi connectivity index (χ1n) is 6.96. The van der Waals surface area contributed by atoms with Crippen LogP contribution < -0.4 is 5.32 Å². The van der Waals surface area contributed by atoms with Crippen LogP contribution in [-0.2, 0) is 0 Å². The van der Waals surface area contributed by atoms with Gasteiger partial charge in [-0.3, -0.25) is 0 Å². The molecule has 1 aliphatic rings. The summed E-state index contributed by atoms with van der Waals surface area (Å²) in [5, 5.41) is 3.74. The Balaban J connectivity index is 2.04. The molecule has 1 fully saturated rings. The highest BCUT2D eigenvalue weighted by atomic mass is 15.0. The van der Waals surface area contributed by atoms with Crippen molar-refractivity contribution in [3.63, 3.8) is 0 Å². The Labute approximate surface area is 102 Å². The molecule has 0 aliphatic heterocycles. The van der Waals surface area contributed by atoms with Crippen molar-refractivity contribution in [2.24, 2.45) is 11.8 Å². The van der Waals surface area contributed by atoms with Crippen LogP contribution in [0.15, 0.2) is 0 Å². The quantitative estimate of drug-likeness (QED) is 0.701. The van der Waals surface area contributed by atoms with Crippen LogP contribution in [0.4, 0.5) is 0 Å². The Kier molecular flexibility index (Phi) is 6.37. The average Bonchev–Trinajstić information content (AvgIpc) is 2.15. The molecule has 0 spiro atoms. The lowest BCUT2D eigenvalue weighted by Crippen LogP contribution is -2.36. The molecule has 16 heavy (non-hydrogen) atoms. The molecule has 0 radical (unpaired) electrons. The minimum atomic E-state index is 0.790. The second-order valence-corrected chi connectivity index (χ2v) is 6.08. The number of rotatable bonds is 6. The summed E-state index contributed by atoms with van der Waals surface area (Å²) in [6, 6.07) is 0.790. The second-order valence-electron chi connectivity index (χ2n) is 6.08. The number of hydrogen-bond acceptors (Lipinski definition) is 2. The van der Waals surface area contributed by atoms with Gasteiger partial charge in [0, 0.05) is 6.04 Å². The van der Waals surface area contributed by atoms with Crippen molar-refractivity contribution < 1.29 is 0 Å². The van der Waals surface area contributed by atoms with Gasteiger partial charge in [0.1, 0.15) is 0 Å². The van der Waals surface area contributed by atoms with Crippen molar-refractivity contribution in [1.82, 2.24) is 10.2 Å². The Morgan fingerprint density at radius 3 is 2.19 bits per heavy atom. The van der Waals surface area contributed by atoms with Crippen molar-refractivity contribution in [3.05, 3.63) is 0 Å². The molecule has 2 atom stereocenters. The van der Waals surface area contributed by atoms with E-state index in [0.717, 1.165) is 17.9 Å². The van der Waals surface area contributed by atoms with Gasteiger partial charge in [0.05, 0.1) is 0 Å². The first kappa shape index (κ1) is 14.0. The van der Waals surface area contributed by atoms with E-state index in [9.17, 15) is 0 Å². The maximum atomic E-state index is 3.74. The van der Waals surface area contributed by atoms with Gasteiger partial charge in [0.25, 0.3) is 0 Å². The third-order valence-electron chi connectivity index (χ3n) is 3.64. The summed E-state index contributed by atoms with van der Waals surface area (Å²) in [6.07, 6.45) is 6.84. The maximum Gasteiger partial charge on any atom is 0.00721 e. The molecule has 0 aromatic carbocycles. The molecular weight excluding hydrogens is 196 g/mol. The van der Waals surface area contributed by atoms with E-state index in [0.29, 0.717) is 0 Å². The molecule has 2 heteroatoms. The number of nitrogens with one attached hydrogen (secondary N) is 1. The summed E-state index contributed by atoms with van der Waals surface area (Å²) in [4.78, 5) is 2.27. The Bertz CT molecular complexity index is 170. The summed E-state index contributed by atoms with van der Waals surface area (Å²) < 4.78 is 0. The van der Waals surface area contributed by atoms with E-state index < -0.39 is 0 Å². The lowest BCUT2D eigenvalue weighted by Gasteiger charge is -2.32. The molecule has 2 unspecified atom stereocenters. The van der Waals surface area contributed by atoms with E-state index >= 15 is 0 Å². The predicted octanol–water partition coefficient (Wildman–Crippen LogP) is 2.74. The summed E-state index contributed by atoms with van der Waals surface area (Å²) in [5.41, 5.74) is 0. The molecule has 0 amide bonds. The lowest BCUT2D eigenvalue weighted by atomic mass is 9.80. The molecule has 0 heterocycles. The highest BCUT2D eigenvalue weighted by Gasteiger charge is 2.22. The van der Waals surface area contributed by atoms with E-state index in [1.165, 1.54) is 45.2 Å². The van der Waals surface area contributed by atoms with Gasteiger partial charge in [0.15, 0.2) is 0 Å². The van der Waals surface area contributed by atoms with Gasteiger partial charge < -0.3 is 10.2 Å². The maximum absolute atomic E-state index is 3.74. The first-order valence-corrected chi connectivity index (χ1v) is 6.96. The van der Waals surface area contributed by atoms with Crippen molar-refractivity contribution in [2.45, 2.75) is 52.0 Å². The number of hydrogen-bond donors (Lipinski definition) is 1. The van der Waals surface area contributed by atoms with Gasteiger partial charge in [-0.1, -0.05) is 13.8 Å². The van der Waals surface area contributed by atoms with Crippen LogP contribution in [0, 0.1) is 11.8 Å². The van der Waals surface area contributed by atoms with Crippen LogP contribution in [0.2, 0.25) is 0 Å². The van der Waals surface area contributed by atoms with Crippen LogP contribution >= 0.6 is 0 Å². The van der Waals surface area contributed by atoms with Gasteiger partial charge >= 0.3 is 0 Å². The fraction of sp³-hybridized carbons (Fsp3) is 1.00. The van der Waals surface area contributed by atoms with Gasteiger partial charge in [0.2, 0.25) is 0 Å². The van der Waals surface area contributed by atoms with E-state index in [2.05, 4.69) is 38.2 Å². The summed E-state index contributed by atoms with van der Waals surface area (Å²) in [5.74, 6) is 1.84. The van der Waals surface area contributed by atoms with E-state index in [4.69, 9.17) is 0 Å². The molecule has 1 N–H and O–H groups in total. The second kappa shape index (κ2) is 7.29. The van der Waals surface area contributed by atoms with Crippen LogP contribution in [0.1, 0.15) is 46.0 Å². The molecule has 96 valence electrons. The number of unbranched alkanes of at least 4 members (excludes halogenated alkanes) is 1. The van der Waals surface area contributed by atoms with Crippen LogP contribution in [-0.4, -0.2) is 38.1 Å². The van der Waals surface area contributed by atoms with Crippen molar-refractivity contribution in [3.8, 4) is 0 Å². The fourth-order valence-electron chi connectivity index (χ4n) is 2.97. The normalized spacial score (nSPS) is 30.9. The van der Waals surface area contributed by atoms with Crippen molar-refractivity contribution in [2.75, 3.05) is 27.2 Å². The van der Waals surface area contributed by atoms with E-state index in [-0.39, 0.29) is 0 Å². The van der Waals surface area contributed by atoms with E-state index in [1.807, 2.05) is 0 Å². The zero-order chi connectivity index (χ0) is 12.0. The lowest BCUT2D eigenvalue weighted by molar-refractivity contribution is 0.238. The van der Waals surface area contributed by atoms with Gasteiger partial charge in [-0.05, 0) is 71.1 Å². The minimum Gasteiger partial charge on any atom is -0.314 e. The summed E-state index contributed by atoms with van der Waals surface area (Å²) >= 11 is 0. The molecule has 0 aromatic rings. The van der Waals surface area contributed by atoms with Crippen molar-refractivity contribution in [1.29, 1.82) is 0 Å². The third-order valence-corrected chi connectivity index (χ3v) is 3.64. The average molecular weight is 226 g/mol.